The van der Waals surface area contributed by atoms with Crippen LogP contribution in [0.25, 0.3) is 0 Å². The van der Waals surface area contributed by atoms with Gasteiger partial charge in [0.2, 0.25) is 0 Å². The highest BCUT2D eigenvalue weighted by atomic mass is 19.1. The summed E-state index contributed by atoms with van der Waals surface area (Å²) >= 11 is 0. The number of hydrogen-bond donors (Lipinski definition) is 0. The fourth-order valence-corrected chi connectivity index (χ4v) is 3.02. The first-order chi connectivity index (χ1) is 13.0. The highest BCUT2D eigenvalue weighted by Crippen LogP contribution is 2.36. The average molecular weight is 388 g/mol. The molecule has 0 bridgehead atoms. The molecule has 0 aromatic heterocycles. The van der Waals surface area contributed by atoms with Gasteiger partial charge in [0, 0.05) is 5.56 Å². The van der Waals surface area contributed by atoms with E-state index in [9.17, 15) is 8.78 Å². The molecule has 0 N–H and O–H groups in total. The summed E-state index contributed by atoms with van der Waals surface area (Å²) < 4.78 is 46.0. The second-order valence-electron chi connectivity index (χ2n) is 8.57. The molecule has 0 saturated carbocycles. The predicted molar refractivity (Wildman–Crippen MR) is 107 cm³/mol. The largest absolute Gasteiger partial charge is 0.494 e. The molecule has 1 fully saturated rings. The van der Waals surface area contributed by atoms with E-state index in [0.717, 1.165) is 5.46 Å². The average Bonchev–Trinajstić information content (AvgIpc) is 2.83. The molecule has 0 atom stereocenters. The minimum Gasteiger partial charge on any atom is -0.489 e. The van der Waals surface area contributed by atoms with Crippen molar-refractivity contribution in [2.75, 3.05) is 0 Å². The second kappa shape index (κ2) is 7.49. The van der Waals surface area contributed by atoms with Gasteiger partial charge in [-0.3, -0.25) is 0 Å². The Morgan fingerprint density at radius 1 is 0.929 bits per heavy atom. The van der Waals surface area contributed by atoms with Crippen LogP contribution >= 0.6 is 0 Å². The number of hydrogen-bond acceptors (Lipinski definition) is 3. The number of ether oxygens (including phenoxy) is 1. The van der Waals surface area contributed by atoms with E-state index in [1.807, 2.05) is 53.7 Å². The van der Waals surface area contributed by atoms with Gasteiger partial charge in [0.1, 0.15) is 24.0 Å². The lowest BCUT2D eigenvalue weighted by atomic mass is 9.79. The molecule has 1 aliphatic heterocycles. The molecule has 28 heavy (non-hydrogen) atoms. The van der Waals surface area contributed by atoms with Crippen molar-refractivity contribution in [1.29, 1.82) is 0 Å². The molecule has 1 heterocycles. The van der Waals surface area contributed by atoms with E-state index in [1.165, 1.54) is 12.1 Å². The number of rotatable bonds is 5. The third kappa shape index (κ3) is 4.08. The van der Waals surface area contributed by atoms with Gasteiger partial charge in [-0.1, -0.05) is 26.0 Å². The predicted octanol–water partition coefficient (Wildman–Crippen LogP) is 4.97. The van der Waals surface area contributed by atoms with Crippen molar-refractivity contribution in [3.8, 4) is 5.75 Å². The summed E-state index contributed by atoms with van der Waals surface area (Å²) in [6, 6.07) is 9.73. The molecule has 3 rings (SSSR count). The van der Waals surface area contributed by atoms with Gasteiger partial charge in [0.15, 0.2) is 0 Å². The summed E-state index contributed by atoms with van der Waals surface area (Å²) in [5.41, 5.74) is 0.627. The summed E-state index contributed by atoms with van der Waals surface area (Å²) in [5, 5.41) is 0. The van der Waals surface area contributed by atoms with Crippen LogP contribution < -0.4 is 10.2 Å². The van der Waals surface area contributed by atoms with Crippen molar-refractivity contribution in [3.63, 3.8) is 0 Å². The van der Waals surface area contributed by atoms with Crippen LogP contribution in [0.4, 0.5) is 8.78 Å². The van der Waals surface area contributed by atoms with Crippen LogP contribution in [-0.4, -0.2) is 18.3 Å². The van der Waals surface area contributed by atoms with Gasteiger partial charge >= 0.3 is 7.12 Å². The molecule has 0 spiro atoms. The third-order valence-electron chi connectivity index (χ3n) is 5.59. The van der Waals surface area contributed by atoms with Crippen LogP contribution in [0.5, 0.6) is 5.75 Å². The summed E-state index contributed by atoms with van der Waals surface area (Å²) in [5.74, 6) is -0.384. The molecule has 1 saturated heterocycles. The lowest BCUT2D eigenvalue weighted by Gasteiger charge is -2.32. The smallest absolute Gasteiger partial charge is 0.489 e. The highest BCUT2D eigenvalue weighted by Gasteiger charge is 2.51. The van der Waals surface area contributed by atoms with E-state index in [4.69, 9.17) is 14.0 Å². The minimum absolute atomic E-state index is 0.0447. The second-order valence-corrected chi connectivity index (χ2v) is 8.57. The van der Waals surface area contributed by atoms with Crippen molar-refractivity contribution in [2.24, 2.45) is 0 Å². The van der Waals surface area contributed by atoms with Gasteiger partial charge in [-0.05, 0) is 68.9 Å². The summed E-state index contributed by atoms with van der Waals surface area (Å²) in [6.45, 7) is 11.6. The van der Waals surface area contributed by atoms with Gasteiger partial charge in [-0.15, -0.1) is 0 Å². The van der Waals surface area contributed by atoms with Crippen molar-refractivity contribution in [1.82, 2.24) is 0 Å². The molecule has 150 valence electrons. The van der Waals surface area contributed by atoms with Crippen molar-refractivity contribution in [3.05, 3.63) is 59.2 Å². The molecule has 0 aliphatic carbocycles. The standard InChI is InChI=1S/C22H27BF2O3/c1-14(2)18-12-19(24)15(11-20(18)25)13-26-17-9-7-16(8-10-17)23-27-21(3,4)22(5,6)28-23/h7-12,14H,13H2,1-6H3. The lowest BCUT2D eigenvalue weighted by Crippen LogP contribution is -2.41. The van der Waals surface area contributed by atoms with Crippen LogP contribution in [0.1, 0.15) is 58.6 Å². The van der Waals surface area contributed by atoms with E-state index < -0.39 is 30.0 Å². The molecule has 0 amide bonds. The molecule has 1 aliphatic rings. The van der Waals surface area contributed by atoms with E-state index in [0.29, 0.717) is 11.3 Å². The van der Waals surface area contributed by atoms with Crippen LogP contribution in [-0.2, 0) is 15.9 Å². The maximum Gasteiger partial charge on any atom is 0.494 e. The molecule has 6 heteroatoms. The van der Waals surface area contributed by atoms with Crippen LogP contribution in [0.15, 0.2) is 36.4 Å². The Hall–Kier alpha value is -1.92. The SMILES string of the molecule is CC(C)c1cc(F)c(COc2ccc(B3OC(C)(C)C(C)(C)O3)cc2)cc1F. The van der Waals surface area contributed by atoms with Gasteiger partial charge in [-0.2, -0.15) is 0 Å². The Bertz CT molecular complexity index is 832. The Labute approximate surface area is 166 Å². The molecule has 2 aromatic carbocycles. The molecular weight excluding hydrogens is 361 g/mol. The first kappa shape index (κ1) is 20.8. The molecule has 0 radical (unpaired) electrons. The minimum atomic E-state index is -0.459. The Morgan fingerprint density at radius 2 is 1.50 bits per heavy atom. The summed E-state index contributed by atoms with van der Waals surface area (Å²) in [7, 11) is -0.450. The molecule has 0 unspecified atom stereocenters. The van der Waals surface area contributed by atoms with E-state index in [2.05, 4.69) is 0 Å². The van der Waals surface area contributed by atoms with Gasteiger partial charge in [0.05, 0.1) is 11.2 Å². The van der Waals surface area contributed by atoms with Gasteiger partial charge < -0.3 is 14.0 Å². The monoisotopic (exact) mass is 388 g/mol. The fraction of sp³-hybridized carbons (Fsp3) is 0.455. The number of halogens is 2. The number of benzene rings is 2. The zero-order valence-electron chi connectivity index (χ0n) is 17.3. The topological polar surface area (TPSA) is 27.7 Å². The lowest BCUT2D eigenvalue weighted by molar-refractivity contribution is 0.00578. The van der Waals surface area contributed by atoms with E-state index in [-0.39, 0.29) is 18.1 Å². The zero-order chi connectivity index (χ0) is 20.7. The molecule has 3 nitrogen and oxygen atoms in total. The normalized spacial score (nSPS) is 18.0. The van der Waals surface area contributed by atoms with Crippen LogP contribution in [0.3, 0.4) is 0 Å². The summed E-state index contributed by atoms with van der Waals surface area (Å²) in [6.07, 6.45) is 0. The Kier molecular flexibility index (Phi) is 5.56. The maximum absolute atomic E-state index is 14.2. The Morgan fingerprint density at radius 3 is 2.04 bits per heavy atom. The first-order valence-electron chi connectivity index (χ1n) is 9.56. The zero-order valence-corrected chi connectivity index (χ0v) is 17.3. The van der Waals surface area contributed by atoms with Gasteiger partial charge in [0.25, 0.3) is 0 Å². The summed E-state index contributed by atoms with van der Waals surface area (Å²) in [4.78, 5) is 0. The van der Waals surface area contributed by atoms with Crippen molar-refractivity contribution >= 4 is 12.6 Å². The van der Waals surface area contributed by atoms with E-state index in [1.54, 1.807) is 12.1 Å². The van der Waals surface area contributed by atoms with Crippen LogP contribution in [0, 0.1) is 11.6 Å². The van der Waals surface area contributed by atoms with Crippen LogP contribution in [0.2, 0.25) is 0 Å². The third-order valence-corrected chi connectivity index (χ3v) is 5.59. The Balaban J connectivity index is 1.67. The first-order valence-corrected chi connectivity index (χ1v) is 9.56. The van der Waals surface area contributed by atoms with Crippen molar-refractivity contribution < 1.29 is 22.8 Å². The van der Waals surface area contributed by atoms with E-state index >= 15 is 0 Å². The van der Waals surface area contributed by atoms with Gasteiger partial charge in [-0.25, -0.2) is 8.78 Å². The quantitative estimate of drug-likeness (QED) is 0.678. The molecule has 2 aromatic rings. The highest BCUT2D eigenvalue weighted by molar-refractivity contribution is 6.62. The maximum atomic E-state index is 14.2. The fourth-order valence-electron chi connectivity index (χ4n) is 3.02. The molecular formula is C22H27BF2O3. The van der Waals surface area contributed by atoms with Crippen molar-refractivity contribution in [2.45, 2.75) is 65.3 Å².